The van der Waals surface area contributed by atoms with Crippen molar-refractivity contribution < 1.29 is 4.79 Å². The predicted octanol–water partition coefficient (Wildman–Crippen LogP) is 1.56. The summed E-state index contributed by atoms with van der Waals surface area (Å²) in [6.07, 6.45) is 5.66. The van der Waals surface area contributed by atoms with E-state index in [-0.39, 0.29) is 11.8 Å². The normalized spacial score (nSPS) is 18.7. The number of hydrazone groups is 1. The molecule has 1 amide bonds. The predicted molar refractivity (Wildman–Crippen MR) is 72.4 cm³/mol. The Balaban J connectivity index is 1.98. The Morgan fingerprint density at radius 3 is 2.72 bits per heavy atom. The van der Waals surface area contributed by atoms with Crippen LogP contribution >= 0.6 is 0 Å². The highest BCUT2D eigenvalue weighted by Gasteiger charge is 2.21. The van der Waals surface area contributed by atoms with Crippen molar-refractivity contribution in [3.8, 4) is 0 Å². The van der Waals surface area contributed by atoms with E-state index in [0.717, 1.165) is 31.4 Å². The molecule has 1 aliphatic heterocycles. The van der Waals surface area contributed by atoms with Gasteiger partial charge in [-0.2, -0.15) is 5.10 Å². The third-order valence-electron chi connectivity index (χ3n) is 3.23. The molecule has 0 bridgehead atoms. The molecule has 1 aliphatic rings. The van der Waals surface area contributed by atoms with Crippen molar-refractivity contribution in [1.29, 1.82) is 0 Å². The molecule has 0 aliphatic carbocycles. The standard InChI is InChI=1S/C14H19N3O/c15-9-2-1-3-11-4-6-12(7-5-11)13-8-10-16-17-14(13)18/h4-7,10,13H,1-3,8-9,15H2,(H,17,18). The molecular formula is C14H19N3O. The van der Waals surface area contributed by atoms with Crippen molar-refractivity contribution in [1.82, 2.24) is 5.43 Å². The summed E-state index contributed by atoms with van der Waals surface area (Å²) in [5.41, 5.74) is 10.3. The second-order valence-electron chi connectivity index (χ2n) is 4.56. The third kappa shape index (κ3) is 3.17. The Labute approximate surface area is 107 Å². The lowest BCUT2D eigenvalue weighted by molar-refractivity contribution is -0.122. The van der Waals surface area contributed by atoms with Crippen molar-refractivity contribution >= 4 is 12.1 Å². The Morgan fingerprint density at radius 2 is 2.06 bits per heavy atom. The van der Waals surface area contributed by atoms with E-state index in [9.17, 15) is 4.79 Å². The molecule has 0 spiro atoms. The summed E-state index contributed by atoms with van der Waals surface area (Å²) in [5, 5.41) is 3.76. The quantitative estimate of drug-likeness (QED) is 0.773. The molecule has 2 rings (SSSR count). The van der Waals surface area contributed by atoms with E-state index in [4.69, 9.17) is 5.73 Å². The highest BCUT2D eigenvalue weighted by molar-refractivity contribution is 5.89. The Kier molecular flexibility index (Phi) is 4.47. The molecule has 1 heterocycles. The second kappa shape index (κ2) is 6.31. The van der Waals surface area contributed by atoms with Gasteiger partial charge in [-0.15, -0.1) is 0 Å². The Hall–Kier alpha value is -1.68. The molecule has 0 radical (unpaired) electrons. The van der Waals surface area contributed by atoms with Crippen molar-refractivity contribution in [2.75, 3.05) is 6.54 Å². The fraction of sp³-hybridized carbons (Fsp3) is 0.429. The van der Waals surface area contributed by atoms with Gasteiger partial charge < -0.3 is 5.73 Å². The first-order valence-electron chi connectivity index (χ1n) is 6.41. The van der Waals surface area contributed by atoms with Crippen LogP contribution in [0.4, 0.5) is 0 Å². The molecule has 1 aromatic carbocycles. The zero-order valence-corrected chi connectivity index (χ0v) is 10.4. The van der Waals surface area contributed by atoms with Crippen molar-refractivity contribution in [3.63, 3.8) is 0 Å². The molecule has 4 nitrogen and oxygen atoms in total. The molecular weight excluding hydrogens is 226 g/mol. The number of nitrogens with two attached hydrogens (primary N) is 1. The number of unbranched alkanes of at least 4 members (excludes halogenated alkanes) is 1. The van der Waals surface area contributed by atoms with E-state index in [1.54, 1.807) is 6.21 Å². The summed E-state index contributed by atoms with van der Waals surface area (Å²) in [4.78, 5) is 11.7. The number of nitrogens with one attached hydrogen (secondary N) is 1. The number of nitrogens with zero attached hydrogens (tertiary/aromatic N) is 1. The number of carbonyl (C=O) groups is 1. The number of carbonyl (C=O) groups excluding carboxylic acids is 1. The first-order chi connectivity index (χ1) is 8.81. The fourth-order valence-electron chi connectivity index (χ4n) is 2.13. The number of rotatable bonds is 5. The average Bonchev–Trinajstić information content (AvgIpc) is 2.41. The van der Waals surface area contributed by atoms with Gasteiger partial charge in [-0.3, -0.25) is 4.79 Å². The van der Waals surface area contributed by atoms with E-state index in [1.165, 1.54) is 5.56 Å². The van der Waals surface area contributed by atoms with Crippen molar-refractivity contribution in [3.05, 3.63) is 35.4 Å². The van der Waals surface area contributed by atoms with Gasteiger partial charge in [-0.05, 0) is 36.9 Å². The molecule has 1 atom stereocenters. The summed E-state index contributed by atoms with van der Waals surface area (Å²) < 4.78 is 0. The molecule has 4 heteroatoms. The van der Waals surface area contributed by atoms with Crippen LogP contribution < -0.4 is 11.2 Å². The average molecular weight is 245 g/mol. The van der Waals surface area contributed by atoms with Crippen LogP contribution in [0, 0.1) is 0 Å². The van der Waals surface area contributed by atoms with Gasteiger partial charge in [0.2, 0.25) is 5.91 Å². The molecule has 0 fully saturated rings. The minimum atomic E-state index is -0.0967. The maximum Gasteiger partial charge on any atom is 0.247 e. The number of hydrogen-bond acceptors (Lipinski definition) is 3. The second-order valence-corrected chi connectivity index (χ2v) is 4.56. The minimum Gasteiger partial charge on any atom is -0.330 e. The maximum atomic E-state index is 11.7. The van der Waals surface area contributed by atoms with Gasteiger partial charge >= 0.3 is 0 Å². The molecule has 0 saturated heterocycles. The summed E-state index contributed by atoms with van der Waals surface area (Å²) in [5.74, 6) is -0.117. The van der Waals surface area contributed by atoms with Crippen LogP contribution in [-0.2, 0) is 11.2 Å². The van der Waals surface area contributed by atoms with Gasteiger partial charge in [0.05, 0.1) is 5.92 Å². The van der Waals surface area contributed by atoms with E-state index >= 15 is 0 Å². The monoisotopic (exact) mass is 245 g/mol. The lowest BCUT2D eigenvalue weighted by Gasteiger charge is -2.17. The Bertz CT molecular complexity index is 425. The minimum absolute atomic E-state index is 0.0200. The molecule has 1 aromatic rings. The molecule has 3 N–H and O–H groups in total. The zero-order valence-electron chi connectivity index (χ0n) is 10.4. The zero-order chi connectivity index (χ0) is 12.8. The largest absolute Gasteiger partial charge is 0.330 e. The lowest BCUT2D eigenvalue weighted by Crippen LogP contribution is -2.29. The molecule has 18 heavy (non-hydrogen) atoms. The first kappa shape index (κ1) is 12.8. The Morgan fingerprint density at radius 1 is 1.28 bits per heavy atom. The molecule has 0 saturated carbocycles. The van der Waals surface area contributed by atoms with Crippen LogP contribution in [0.1, 0.15) is 36.3 Å². The summed E-state index contributed by atoms with van der Waals surface area (Å²) in [7, 11) is 0. The van der Waals surface area contributed by atoms with Crippen molar-refractivity contribution in [2.45, 2.75) is 31.6 Å². The van der Waals surface area contributed by atoms with Gasteiger partial charge in [0.1, 0.15) is 0 Å². The summed E-state index contributed by atoms with van der Waals surface area (Å²) in [6, 6.07) is 8.29. The van der Waals surface area contributed by atoms with Crippen LogP contribution in [0.25, 0.3) is 0 Å². The molecule has 1 unspecified atom stereocenters. The van der Waals surface area contributed by atoms with E-state index < -0.39 is 0 Å². The van der Waals surface area contributed by atoms with Crippen molar-refractivity contribution in [2.24, 2.45) is 10.8 Å². The van der Waals surface area contributed by atoms with Gasteiger partial charge in [-0.25, -0.2) is 5.43 Å². The highest BCUT2D eigenvalue weighted by Crippen LogP contribution is 2.21. The first-order valence-corrected chi connectivity index (χ1v) is 6.41. The number of aryl methyl sites for hydroxylation is 1. The fourth-order valence-corrected chi connectivity index (χ4v) is 2.13. The van der Waals surface area contributed by atoms with Crippen LogP contribution in [0.3, 0.4) is 0 Å². The van der Waals surface area contributed by atoms with Gasteiger partial charge in [0.25, 0.3) is 0 Å². The molecule has 0 aromatic heterocycles. The highest BCUT2D eigenvalue weighted by atomic mass is 16.2. The lowest BCUT2D eigenvalue weighted by atomic mass is 9.93. The summed E-state index contributed by atoms with van der Waals surface area (Å²) in [6.45, 7) is 0.750. The van der Waals surface area contributed by atoms with Crippen LogP contribution in [0.2, 0.25) is 0 Å². The van der Waals surface area contributed by atoms with Crippen LogP contribution in [0.15, 0.2) is 29.4 Å². The van der Waals surface area contributed by atoms with Gasteiger partial charge in [0.15, 0.2) is 0 Å². The van der Waals surface area contributed by atoms with Gasteiger partial charge in [-0.1, -0.05) is 24.3 Å². The third-order valence-corrected chi connectivity index (χ3v) is 3.23. The number of hydrogen-bond donors (Lipinski definition) is 2. The SMILES string of the molecule is NCCCCc1ccc(C2CC=NNC2=O)cc1. The number of benzene rings is 1. The molecule has 96 valence electrons. The maximum absolute atomic E-state index is 11.7. The van der Waals surface area contributed by atoms with E-state index in [0.29, 0.717) is 6.42 Å². The smallest absolute Gasteiger partial charge is 0.247 e. The summed E-state index contributed by atoms with van der Waals surface area (Å²) >= 11 is 0. The van der Waals surface area contributed by atoms with Crippen LogP contribution in [0.5, 0.6) is 0 Å². The van der Waals surface area contributed by atoms with E-state index in [2.05, 4.69) is 22.7 Å². The van der Waals surface area contributed by atoms with Gasteiger partial charge in [0, 0.05) is 12.6 Å². The topological polar surface area (TPSA) is 67.5 Å². The van der Waals surface area contributed by atoms with E-state index in [1.807, 2.05) is 12.1 Å². The van der Waals surface area contributed by atoms with Crippen LogP contribution in [-0.4, -0.2) is 18.7 Å². The number of amides is 1.